The summed E-state index contributed by atoms with van der Waals surface area (Å²) in [6, 6.07) is 19.4. The third-order valence-corrected chi connectivity index (χ3v) is 7.81. The Morgan fingerprint density at radius 2 is 1.82 bits per heavy atom. The van der Waals surface area contributed by atoms with Gasteiger partial charge in [-0.15, -0.1) is 18.3 Å². The number of alkyl halides is 3. The van der Waals surface area contributed by atoms with Gasteiger partial charge in [0.05, 0.1) is 17.1 Å². The first-order valence-corrected chi connectivity index (χ1v) is 15.2. The zero-order valence-electron chi connectivity index (χ0n) is 24.4. The van der Waals surface area contributed by atoms with Gasteiger partial charge in [-0.3, -0.25) is 15.1 Å². The molecule has 3 amide bonds. The molecule has 0 saturated carbocycles. The number of halogens is 3. The molecule has 2 N–H and O–H groups in total. The number of hydrazine groups is 1. The van der Waals surface area contributed by atoms with E-state index < -0.39 is 12.4 Å². The quantitative estimate of drug-likeness (QED) is 0.189. The number of anilines is 1. The van der Waals surface area contributed by atoms with Gasteiger partial charge in [0.2, 0.25) is 5.91 Å². The molecule has 1 unspecified atom stereocenters. The number of rotatable bonds is 10. The van der Waals surface area contributed by atoms with Gasteiger partial charge in [-0.2, -0.15) is 4.99 Å². The average molecular weight is 638 g/mol. The Balaban J connectivity index is 1.19. The second kappa shape index (κ2) is 13.9. The van der Waals surface area contributed by atoms with Crippen molar-refractivity contribution in [3.63, 3.8) is 0 Å². The molecule has 1 atom stereocenters. The monoisotopic (exact) mass is 637 g/mol. The number of unbranched alkanes of at least 4 members (excludes halogenated alkanes) is 1. The Kier molecular flexibility index (Phi) is 9.83. The van der Waals surface area contributed by atoms with E-state index in [2.05, 4.69) is 37.6 Å². The number of para-hydroxylation sites is 1. The van der Waals surface area contributed by atoms with Crippen molar-refractivity contribution in [2.45, 2.75) is 45.5 Å². The number of amidine groups is 1. The lowest BCUT2D eigenvalue weighted by Gasteiger charge is -2.20. The molecule has 45 heavy (non-hydrogen) atoms. The van der Waals surface area contributed by atoms with Gasteiger partial charge >= 0.3 is 12.4 Å². The zero-order chi connectivity index (χ0) is 32.0. The van der Waals surface area contributed by atoms with Crippen LogP contribution in [0.25, 0.3) is 17.1 Å². The topological polar surface area (TPSA) is 114 Å². The number of amides is 3. The van der Waals surface area contributed by atoms with E-state index in [4.69, 9.17) is 0 Å². The maximum absolute atomic E-state index is 12.7. The molecule has 0 spiro atoms. The smallest absolute Gasteiger partial charge is 0.406 e. The summed E-state index contributed by atoms with van der Waals surface area (Å²) in [7, 11) is 0. The van der Waals surface area contributed by atoms with Crippen molar-refractivity contribution in [1.29, 1.82) is 0 Å². The first kappa shape index (κ1) is 31.7. The van der Waals surface area contributed by atoms with Gasteiger partial charge in [0.15, 0.2) is 11.0 Å². The van der Waals surface area contributed by atoms with Crippen LogP contribution in [-0.2, 0) is 11.2 Å². The van der Waals surface area contributed by atoms with Crippen molar-refractivity contribution < 1.29 is 27.5 Å². The fourth-order valence-corrected chi connectivity index (χ4v) is 5.46. The Hall–Kier alpha value is -4.69. The molecule has 14 heteroatoms. The molecule has 3 aromatic carbocycles. The summed E-state index contributed by atoms with van der Waals surface area (Å²) in [4.78, 5) is 35.4. The van der Waals surface area contributed by atoms with Gasteiger partial charge in [-0.1, -0.05) is 67.6 Å². The van der Waals surface area contributed by atoms with E-state index in [1.807, 2.05) is 55.5 Å². The SMILES string of the molecule is CCCCc1ccccc1N1C(=O)CSC1=NC(=O)NNC(C)c1ccc(-c2ncn(-c3ccc(OC(F)(F)F)cc3)n2)cc1. The maximum Gasteiger partial charge on any atom is 0.573 e. The molecule has 10 nitrogen and oxygen atoms in total. The molecule has 1 aromatic heterocycles. The number of nitrogens with one attached hydrogen (secondary N) is 2. The molecule has 2 heterocycles. The van der Waals surface area contributed by atoms with Crippen LogP contribution < -0.4 is 20.5 Å². The zero-order valence-corrected chi connectivity index (χ0v) is 25.2. The number of aromatic nitrogens is 3. The van der Waals surface area contributed by atoms with Crippen LogP contribution in [0.3, 0.4) is 0 Å². The predicted molar refractivity (Wildman–Crippen MR) is 166 cm³/mol. The molecule has 1 aliphatic heterocycles. The molecule has 5 rings (SSSR count). The van der Waals surface area contributed by atoms with Gasteiger partial charge < -0.3 is 4.74 Å². The number of carbonyl (C=O) groups is 2. The van der Waals surface area contributed by atoms with E-state index in [-0.39, 0.29) is 23.5 Å². The number of benzene rings is 3. The van der Waals surface area contributed by atoms with Crippen molar-refractivity contribution in [3.8, 4) is 22.8 Å². The maximum atomic E-state index is 12.7. The Bertz CT molecular complexity index is 1670. The minimum Gasteiger partial charge on any atom is -0.406 e. The van der Waals surface area contributed by atoms with Gasteiger partial charge in [0.1, 0.15) is 12.1 Å². The van der Waals surface area contributed by atoms with E-state index in [9.17, 15) is 22.8 Å². The normalized spacial score (nSPS) is 15.0. The lowest BCUT2D eigenvalue weighted by atomic mass is 10.1. The second-order valence-electron chi connectivity index (χ2n) is 10.1. The second-order valence-corrected chi connectivity index (χ2v) is 11.1. The molecule has 1 saturated heterocycles. The number of carbonyl (C=O) groups excluding carboxylic acids is 2. The number of hydrogen-bond donors (Lipinski definition) is 2. The van der Waals surface area contributed by atoms with Crippen LogP contribution in [0.15, 0.2) is 84.1 Å². The molecule has 4 aromatic rings. The molecule has 0 bridgehead atoms. The highest BCUT2D eigenvalue weighted by atomic mass is 32.2. The summed E-state index contributed by atoms with van der Waals surface area (Å²) < 4.78 is 42.6. The highest BCUT2D eigenvalue weighted by Crippen LogP contribution is 2.31. The van der Waals surface area contributed by atoms with Gasteiger partial charge in [-0.05, 0) is 61.2 Å². The first-order valence-electron chi connectivity index (χ1n) is 14.2. The van der Waals surface area contributed by atoms with Gasteiger partial charge in [0.25, 0.3) is 0 Å². The van der Waals surface area contributed by atoms with Gasteiger partial charge in [0, 0.05) is 11.6 Å². The van der Waals surface area contributed by atoms with E-state index in [1.165, 1.54) is 51.9 Å². The van der Waals surface area contributed by atoms with Crippen molar-refractivity contribution >= 4 is 34.6 Å². The number of aryl methyl sites for hydroxylation is 1. The number of nitrogens with zero attached hydrogens (tertiary/aromatic N) is 5. The van der Waals surface area contributed by atoms with Crippen LogP contribution in [0.2, 0.25) is 0 Å². The van der Waals surface area contributed by atoms with E-state index in [0.29, 0.717) is 16.7 Å². The van der Waals surface area contributed by atoms with E-state index >= 15 is 0 Å². The predicted octanol–water partition coefficient (Wildman–Crippen LogP) is 6.59. The third-order valence-electron chi connectivity index (χ3n) is 6.89. The fourth-order valence-electron chi connectivity index (χ4n) is 4.60. The molecule has 1 fully saturated rings. The standard InChI is InChI=1S/C31H30F3N7O3S/c1-3-4-7-22-8-5-6-9-26(22)41-27(42)18-45-30(41)36-29(43)38-37-20(2)21-10-12-23(13-11-21)28-35-19-40(39-28)24-14-16-25(17-15-24)44-31(32,33)34/h5-6,8-17,19-20,37H,3-4,7,18H2,1-2H3,(H,38,43). The largest absolute Gasteiger partial charge is 0.573 e. The van der Waals surface area contributed by atoms with E-state index in [1.54, 1.807) is 0 Å². The van der Waals surface area contributed by atoms with Crippen LogP contribution >= 0.6 is 11.8 Å². The van der Waals surface area contributed by atoms with Gasteiger partial charge in [-0.25, -0.2) is 19.9 Å². The molecular weight excluding hydrogens is 607 g/mol. The van der Waals surface area contributed by atoms with Crippen molar-refractivity contribution in [2.24, 2.45) is 4.99 Å². The minimum absolute atomic E-state index is 0.121. The lowest BCUT2D eigenvalue weighted by molar-refractivity contribution is -0.274. The summed E-state index contributed by atoms with van der Waals surface area (Å²) in [5.41, 5.74) is 9.44. The van der Waals surface area contributed by atoms with Crippen LogP contribution in [0.5, 0.6) is 5.75 Å². The van der Waals surface area contributed by atoms with Crippen LogP contribution in [-0.4, -0.2) is 44.0 Å². The highest BCUT2D eigenvalue weighted by molar-refractivity contribution is 8.15. The average Bonchev–Trinajstić information content (AvgIpc) is 3.66. The minimum atomic E-state index is -4.76. The van der Waals surface area contributed by atoms with Crippen molar-refractivity contribution in [1.82, 2.24) is 25.6 Å². The Morgan fingerprint density at radius 1 is 1.09 bits per heavy atom. The van der Waals surface area contributed by atoms with Crippen LogP contribution in [0.4, 0.5) is 23.7 Å². The molecular formula is C31H30F3N7O3S. The summed E-state index contributed by atoms with van der Waals surface area (Å²) in [5.74, 6) is 0.184. The number of aliphatic imine (C=N–C) groups is 1. The first-order chi connectivity index (χ1) is 21.6. The Morgan fingerprint density at radius 3 is 2.53 bits per heavy atom. The third kappa shape index (κ3) is 8.08. The Labute approximate surface area is 261 Å². The summed E-state index contributed by atoms with van der Waals surface area (Å²) in [5, 5.41) is 4.75. The van der Waals surface area contributed by atoms with Crippen molar-refractivity contribution in [3.05, 3.63) is 90.3 Å². The molecule has 0 radical (unpaired) electrons. The van der Waals surface area contributed by atoms with E-state index in [0.717, 1.165) is 41.6 Å². The van der Waals surface area contributed by atoms with Crippen LogP contribution in [0.1, 0.15) is 43.9 Å². The number of thioether (sulfide) groups is 1. The highest BCUT2D eigenvalue weighted by Gasteiger charge is 2.32. The molecule has 234 valence electrons. The molecule has 1 aliphatic rings. The number of urea groups is 1. The number of hydrogen-bond acceptors (Lipinski definition) is 7. The fraction of sp³-hybridized carbons (Fsp3) is 0.258. The summed E-state index contributed by atoms with van der Waals surface area (Å²) in [6.07, 6.45) is -0.456. The number of ether oxygens (including phenoxy) is 1. The lowest BCUT2D eigenvalue weighted by Crippen LogP contribution is -2.39. The summed E-state index contributed by atoms with van der Waals surface area (Å²) in [6.45, 7) is 3.98. The van der Waals surface area contributed by atoms with Crippen molar-refractivity contribution in [2.75, 3.05) is 10.7 Å². The summed E-state index contributed by atoms with van der Waals surface area (Å²) >= 11 is 1.22. The van der Waals surface area contributed by atoms with Crippen LogP contribution in [0, 0.1) is 0 Å². The molecule has 0 aliphatic carbocycles.